The van der Waals surface area contributed by atoms with Crippen LogP contribution < -0.4 is 0 Å². The van der Waals surface area contributed by atoms with Crippen LogP contribution in [0.1, 0.15) is 22.8 Å². The summed E-state index contributed by atoms with van der Waals surface area (Å²) >= 11 is 1.42. The van der Waals surface area contributed by atoms with Gasteiger partial charge in [0.1, 0.15) is 0 Å². The van der Waals surface area contributed by atoms with E-state index in [0.717, 1.165) is 22.1 Å². The van der Waals surface area contributed by atoms with Crippen molar-refractivity contribution in [3.63, 3.8) is 0 Å². The molecule has 1 unspecified atom stereocenters. The van der Waals surface area contributed by atoms with Crippen LogP contribution in [-0.2, 0) is 6.54 Å². The Morgan fingerprint density at radius 3 is 2.65 bits per heavy atom. The summed E-state index contributed by atoms with van der Waals surface area (Å²) in [5, 5.41) is 9.16. The first-order chi connectivity index (χ1) is 12.6. The monoisotopic (exact) mass is 363 g/mol. The summed E-state index contributed by atoms with van der Waals surface area (Å²) < 4.78 is 2.00. The number of ketones is 1. The van der Waals surface area contributed by atoms with E-state index < -0.39 is 0 Å². The second-order valence-electron chi connectivity index (χ2n) is 6.07. The van der Waals surface area contributed by atoms with Crippen molar-refractivity contribution in [2.75, 3.05) is 0 Å². The predicted molar refractivity (Wildman–Crippen MR) is 106 cm³/mol. The minimum Gasteiger partial charge on any atom is -0.298 e. The molecule has 1 atom stereocenters. The molecule has 0 aliphatic heterocycles. The maximum absolute atomic E-state index is 12.6. The first-order valence-electron chi connectivity index (χ1n) is 8.47. The van der Waals surface area contributed by atoms with Crippen LogP contribution >= 0.6 is 11.8 Å². The van der Waals surface area contributed by atoms with E-state index in [4.69, 9.17) is 0 Å². The summed E-state index contributed by atoms with van der Waals surface area (Å²) in [4.78, 5) is 12.6. The molecule has 0 radical (unpaired) electrons. The molecular formula is C21H21N3OS. The number of Topliss-reactive ketones (excluding diaryl/α,β-unsaturated/α-hetero) is 1. The number of carbonyl (C=O) groups is 1. The molecule has 1 heterocycles. The summed E-state index contributed by atoms with van der Waals surface area (Å²) in [5.41, 5.74) is 2.88. The average Bonchev–Trinajstić information content (AvgIpc) is 3.04. The van der Waals surface area contributed by atoms with Crippen LogP contribution in [0, 0.1) is 6.92 Å². The van der Waals surface area contributed by atoms with Gasteiger partial charge in [-0.05, 0) is 19.9 Å². The third kappa shape index (κ3) is 3.94. The summed E-state index contributed by atoms with van der Waals surface area (Å²) in [5.74, 6) is 0.872. The van der Waals surface area contributed by atoms with E-state index in [0.29, 0.717) is 12.1 Å². The van der Waals surface area contributed by atoms with Gasteiger partial charge in [-0.1, -0.05) is 71.9 Å². The summed E-state index contributed by atoms with van der Waals surface area (Å²) in [7, 11) is 0. The van der Waals surface area contributed by atoms with Crippen LogP contribution in [-0.4, -0.2) is 25.8 Å². The van der Waals surface area contributed by atoms with Crippen molar-refractivity contribution in [3.8, 4) is 11.4 Å². The maximum atomic E-state index is 12.6. The van der Waals surface area contributed by atoms with Gasteiger partial charge in [0.15, 0.2) is 16.8 Å². The van der Waals surface area contributed by atoms with Gasteiger partial charge in [-0.15, -0.1) is 16.8 Å². The minimum atomic E-state index is -0.254. The molecule has 132 valence electrons. The first-order valence-corrected chi connectivity index (χ1v) is 9.35. The normalized spacial score (nSPS) is 11.9. The molecule has 0 bridgehead atoms. The number of aromatic nitrogens is 3. The minimum absolute atomic E-state index is 0.0841. The van der Waals surface area contributed by atoms with Gasteiger partial charge < -0.3 is 0 Å². The Kier molecular flexibility index (Phi) is 5.68. The highest BCUT2D eigenvalue weighted by Crippen LogP contribution is 2.28. The molecule has 26 heavy (non-hydrogen) atoms. The number of aryl methyl sites for hydroxylation is 1. The number of rotatable bonds is 7. The van der Waals surface area contributed by atoms with Crippen molar-refractivity contribution in [1.29, 1.82) is 0 Å². The van der Waals surface area contributed by atoms with Crippen molar-refractivity contribution >= 4 is 17.5 Å². The maximum Gasteiger partial charge on any atom is 0.192 e. The van der Waals surface area contributed by atoms with Gasteiger partial charge in [0.2, 0.25) is 0 Å². The predicted octanol–water partition coefficient (Wildman–Crippen LogP) is 4.80. The summed E-state index contributed by atoms with van der Waals surface area (Å²) in [6, 6.07) is 17.5. The van der Waals surface area contributed by atoms with Gasteiger partial charge in [-0.3, -0.25) is 9.36 Å². The average molecular weight is 363 g/mol. The van der Waals surface area contributed by atoms with Gasteiger partial charge in [-0.25, -0.2) is 0 Å². The lowest BCUT2D eigenvalue weighted by Gasteiger charge is -2.12. The van der Waals surface area contributed by atoms with E-state index in [9.17, 15) is 4.79 Å². The third-order valence-electron chi connectivity index (χ3n) is 4.01. The van der Waals surface area contributed by atoms with E-state index in [2.05, 4.69) is 22.8 Å². The number of nitrogens with zero attached hydrogens (tertiary/aromatic N) is 3. The second-order valence-corrected chi connectivity index (χ2v) is 7.37. The molecule has 0 amide bonds. The van der Waals surface area contributed by atoms with Crippen molar-refractivity contribution in [3.05, 3.63) is 78.4 Å². The van der Waals surface area contributed by atoms with E-state index >= 15 is 0 Å². The molecule has 0 saturated carbocycles. The van der Waals surface area contributed by atoms with Crippen LogP contribution in [0.5, 0.6) is 0 Å². The van der Waals surface area contributed by atoms with Gasteiger partial charge >= 0.3 is 0 Å². The van der Waals surface area contributed by atoms with Crippen molar-refractivity contribution < 1.29 is 4.79 Å². The molecule has 3 aromatic rings. The molecule has 0 saturated heterocycles. The molecule has 0 N–H and O–H groups in total. The topological polar surface area (TPSA) is 47.8 Å². The fourth-order valence-corrected chi connectivity index (χ4v) is 3.65. The molecule has 4 nitrogen and oxygen atoms in total. The van der Waals surface area contributed by atoms with Crippen molar-refractivity contribution in [2.24, 2.45) is 0 Å². The molecule has 0 aliphatic rings. The molecule has 5 heteroatoms. The Morgan fingerprint density at radius 2 is 1.96 bits per heavy atom. The molecule has 3 rings (SSSR count). The van der Waals surface area contributed by atoms with Crippen LogP contribution in [0.15, 0.2) is 72.4 Å². The van der Waals surface area contributed by atoms with E-state index in [-0.39, 0.29) is 11.0 Å². The van der Waals surface area contributed by atoms with Gasteiger partial charge in [0, 0.05) is 17.7 Å². The molecule has 0 spiro atoms. The molecule has 0 fully saturated rings. The van der Waals surface area contributed by atoms with Crippen LogP contribution in [0.25, 0.3) is 11.4 Å². The Balaban J connectivity index is 1.88. The Labute approximate surface area is 158 Å². The van der Waals surface area contributed by atoms with E-state index in [1.165, 1.54) is 11.8 Å². The highest BCUT2D eigenvalue weighted by atomic mass is 32.2. The first kappa shape index (κ1) is 18.1. The Morgan fingerprint density at radius 1 is 1.19 bits per heavy atom. The number of thioether (sulfide) groups is 1. The summed E-state index contributed by atoms with van der Waals surface area (Å²) in [6.07, 6.45) is 1.82. The van der Waals surface area contributed by atoms with Gasteiger partial charge in [0.05, 0.1) is 5.25 Å². The number of allylic oxidation sites excluding steroid dienone is 1. The van der Waals surface area contributed by atoms with Crippen LogP contribution in [0.2, 0.25) is 0 Å². The lowest BCUT2D eigenvalue weighted by atomic mass is 10.1. The lowest BCUT2D eigenvalue weighted by Crippen LogP contribution is -2.14. The van der Waals surface area contributed by atoms with Gasteiger partial charge in [-0.2, -0.15) is 0 Å². The smallest absolute Gasteiger partial charge is 0.192 e. The zero-order valence-corrected chi connectivity index (χ0v) is 15.7. The highest BCUT2D eigenvalue weighted by molar-refractivity contribution is 8.00. The summed E-state index contributed by atoms with van der Waals surface area (Å²) in [6.45, 7) is 8.38. The second kappa shape index (κ2) is 8.15. The van der Waals surface area contributed by atoms with Crippen LogP contribution in [0.4, 0.5) is 0 Å². The number of benzene rings is 2. The number of hydrogen-bond acceptors (Lipinski definition) is 4. The molecule has 1 aromatic heterocycles. The fourth-order valence-electron chi connectivity index (χ4n) is 2.72. The number of hydrogen-bond donors (Lipinski definition) is 0. The van der Waals surface area contributed by atoms with Crippen LogP contribution in [0.3, 0.4) is 0 Å². The Hall–Kier alpha value is -2.66. The quantitative estimate of drug-likeness (QED) is 0.344. The highest BCUT2D eigenvalue weighted by Gasteiger charge is 2.21. The largest absolute Gasteiger partial charge is 0.298 e. The Bertz CT molecular complexity index is 918. The lowest BCUT2D eigenvalue weighted by molar-refractivity contribution is 0.0994. The standard InChI is InChI=1S/C21H21N3OS/c1-4-13-24-20(18-12-8-9-15(2)14-18)22-23-21(24)26-16(3)19(25)17-10-6-5-7-11-17/h4-12,14,16H,1,13H2,2-3H3. The third-order valence-corrected chi connectivity index (χ3v) is 5.09. The number of carbonyl (C=O) groups excluding carboxylic acids is 1. The van der Waals surface area contributed by atoms with Gasteiger partial charge in [0.25, 0.3) is 0 Å². The van der Waals surface area contributed by atoms with Crippen molar-refractivity contribution in [2.45, 2.75) is 30.8 Å². The molecule has 2 aromatic carbocycles. The van der Waals surface area contributed by atoms with E-state index in [1.54, 1.807) is 0 Å². The molecular weight excluding hydrogens is 342 g/mol. The zero-order chi connectivity index (χ0) is 18.5. The fraction of sp³-hybridized carbons (Fsp3) is 0.190. The van der Waals surface area contributed by atoms with E-state index in [1.807, 2.05) is 73.0 Å². The molecule has 0 aliphatic carbocycles. The SMILES string of the molecule is C=CCn1c(SC(C)C(=O)c2ccccc2)nnc1-c1cccc(C)c1. The van der Waals surface area contributed by atoms with Crippen molar-refractivity contribution in [1.82, 2.24) is 14.8 Å². The zero-order valence-electron chi connectivity index (χ0n) is 14.9.